The van der Waals surface area contributed by atoms with Crippen LogP contribution in [-0.2, 0) is 31.7 Å². The highest BCUT2D eigenvalue weighted by Gasteiger charge is 2.69. The number of halogens is 3. The predicted octanol–water partition coefficient (Wildman–Crippen LogP) is 4.32. The van der Waals surface area contributed by atoms with Gasteiger partial charge in [0.15, 0.2) is 0 Å². The molecule has 1 N–H and O–H groups in total. The van der Waals surface area contributed by atoms with Crippen LogP contribution in [0.15, 0.2) is 78.9 Å². The van der Waals surface area contributed by atoms with E-state index in [1.54, 1.807) is 54.6 Å². The minimum absolute atomic E-state index is 0.0176. The zero-order valence-electron chi connectivity index (χ0n) is 21.1. The first-order valence-corrected chi connectivity index (χ1v) is 12.2. The smallest absolute Gasteiger partial charge is 0.416 e. The summed E-state index contributed by atoms with van der Waals surface area (Å²) in [6, 6.07) is 19.0. The molecule has 202 valence electrons. The minimum Gasteiger partial charge on any atom is -0.497 e. The van der Waals surface area contributed by atoms with Gasteiger partial charge in [-0.05, 0) is 41.5 Å². The van der Waals surface area contributed by atoms with E-state index < -0.39 is 52.9 Å². The van der Waals surface area contributed by atoms with Crippen molar-refractivity contribution in [1.82, 2.24) is 5.32 Å². The van der Waals surface area contributed by atoms with Crippen LogP contribution in [0.3, 0.4) is 0 Å². The van der Waals surface area contributed by atoms with Crippen molar-refractivity contribution < 1.29 is 37.0 Å². The van der Waals surface area contributed by atoms with Crippen molar-refractivity contribution in [3.63, 3.8) is 0 Å². The number of amides is 2. The van der Waals surface area contributed by atoms with Crippen LogP contribution in [0.4, 0.5) is 18.9 Å². The van der Waals surface area contributed by atoms with Gasteiger partial charge < -0.3 is 9.47 Å². The largest absolute Gasteiger partial charge is 0.497 e. The summed E-state index contributed by atoms with van der Waals surface area (Å²) in [4.78, 5) is 42.2. The van der Waals surface area contributed by atoms with Crippen LogP contribution in [0.5, 0.6) is 5.75 Å². The van der Waals surface area contributed by atoms with Crippen LogP contribution in [0.1, 0.15) is 22.7 Å². The molecular formula is C29H25F3N2O5. The van der Waals surface area contributed by atoms with E-state index in [-0.39, 0.29) is 12.1 Å². The summed E-state index contributed by atoms with van der Waals surface area (Å²) in [6.07, 6.45) is -4.66. The number of hydrogen-bond acceptors (Lipinski definition) is 6. The van der Waals surface area contributed by atoms with Gasteiger partial charge in [-0.3, -0.25) is 19.7 Å². The van der Waals surface area contributed by atoms with Gasteiger partial charge in [-0.2, -0.15) is 13.2 Å². The third kappa shape index (κ3) is 4.44. The number of esters is 1. The quantitative estimate of drug-likeness (QED) is 0.372. The summed E-state index contributed by atoms with van der Waals surface area (Å²) in [6.45, 7) is 0. The van der Waals surface area contributed by atoms with Crippen LogP contribution in [-0.4, -0.2) is 37.5 Å². The first-order valence-electron chi connectivity index (χ1n) is 12.2. The van der Waals surface area contributed by atoms with E-state index in [9.17, 15) is 27.6 Å². The topological polar surface area (TPSA) is 84.9 Å². The molecule has 0 aliphatic carbocycles. The molecule has 2 aliphatic heterocycles. The molecule has 0 saturated carbocycles. The second-order valence-electron chi connectivity index (χ2n) is 9.58. The molecule has 5 rings (SSSR count). The van der Waals surface area contributed by atoms with E-state index in [4.69, 9.17) is 9.47 Å². The number of nitrogens with zero attached hydrogens (tertiary/aromatic N) is 1. The number of benzene rings is 3. The summed E-state index contributed by atoms with van der Waals surface area (Å²) in [7, 11) is 2.70. The molecular weight excluding hydrogens is 513 g/mol. The van der Waals surface area contributed by atoms with Crippen molar-refractivity contribution >= 4 is 23.5 Å². The Kier molecular flexibility index (Phi) is 6.67. The third-order valence-corrected chi connectivity index (χ3v) is 7.44. The maximum absolute atomic E-state index is 14.0. The van der Waals surface area contributed by atoms with Gasteiger partial charge in [-0.25, -0.2) is 4.90 Å². The molecule has 4 atom stereocenters. The van der Waals surface area contributed by atoms with Crippen molar-refractivity contribution in [3.05, 3.63) is 95.6 Å². The molecule has 10 heteroatoms. The van der Waals surface area contributed by atoms with Gasteiger partial charge in [0, 0.05) is 12.5 Å². The Hall–Kier alpha value is -4.18. The van der Waals surface area contributed by atoms with Crippen LogP contribution < -0.4 is 15.0 Å². The lowest BCUT2D eigenvalue weighted by molar-refractivity contribution is -0.152. The maximum Gasteiger partial charge on any atom is 0.416 e. The molecule has 39 heavy (non-hydrogen) atoms. The fourth-order valence-electron chi connectivity index (χ4n) is 5.70. The minimum atomic E-state index is -4.67. The SMILES string of the molecule is COC(=O)[C@]1(Cc2ccccc2)N[C@H](c2ccc(OC)cc2)[C@@H]2C(=O)N(c3cccc(C(F)(F)F)c3)C(=O)[C@@H]21. The van der Waals surface area contributed by atoms with Gasteiger partial charge in [0.1, 0.15) is 11.3 Å². The van der Waals surface area contributed by atoms with Crippen molar-refractivity contribution in [2.75, 3.05) is 19.1 Å². The zero-order valence-corrected chi connectivity index (χ0v) is 21.1. The Balaban J connectivity index is 1.66. The van der Waals surface area contributed by atoms with Gasteiger partial charge in [-0.15, -0.1) is 0 Å². The molecule has 7 nitrogen and oxygen atoms in total. The van der Waals surface area contributed by atoms with Gasteiger partial charge in [-0.1, -0.05) is 48.5 Å². The van der Waals surface area contributed by atoms with E-state index in [2.05, 4.69) is 5.32 Å². The Bertz CT molecular complexity index is 1410. The Labute approximate surface area is 222 Å². The number of alkyl halides is 3. The molecule has 2 saturated heterocycles. The summed E-state index contributed by atoms with van der Waals surface area (Å²) in [5, 5.41) is 3.26. The van der Waals surface area contributed by atoms with E-state index in [1.807, 2.05) is 0 Å². The van der Waals surface area contributed by atoms with Crippen LogP contribution >= 0.6 is 0 Å². The van der Waals surface area contributed by atoms with E-state index in [0.29, 0.717) is 16.9 Å². The average Bonchev–Trinajstić information content (AvgIpc) is 3.42. The van der Waals surface area contributed by atoms with Crippen molar-refractivity contribution in [2.24, 2.45) is 11.8 Å². The lowest BCUT2D eigenvalue weighted by Crippen LogP contribution is -2.57. The third-order valence-electron chi connectivity index (χ3n) is 7.44. The number of fused-ring (bicyclic) bond motifs is 1. The number of carbonyl (C=O) groups excluding carboxylic acids is 3. The van der Waals surface area contributed by atoms with E-state index >= 15 is 0 Å². The molecule has 2 amide bonds. The monoisotopic (exact) mass is 538 g/mol. The van der Waals surface area contributed by atoms with Gasteiger partial charge in [0.2, 0.25) is 11.8 Å². The number of imide groups is 1. The second-order valence-corrected chi connectivity index (χ2v) is 9.58. The molecule has 2 aliphatic rings. The number of rotatable bonds is 6. The van der Waals surface area contributed by atoms with Gasteiger partial charge in [0.05, 0.1) is 37.3 Å². The first-order chi connectivity index (χ1) is 18.6. The van der Waals surface area contributed by atoms with E-state index in [1.165, 1.54) is 20.3 Å². The molecule has 3 aromatic carbocycles. The van der Waals surface area contributed by atoms with Crippen LogP contribution in [0.25, 0.3) is 0 Å². The van der Waals surface area contributed by atoms with Crippen LogP contribution in [0, 0.1) is 11.8 Å². The number of anilines is 1. The molecule has 0 spiro atoms. The number of ether oxygens (including phenoxy) is 2. The Morgan fingerprint density at radius 1 is 0.949 bits per heavy atom. The van der Waals surface area contributed by atoms with Gasteiger partial charge >= 0.3 is 12.1 Å². The predicted molar refractivity (Wildman–Crippen MR) is 135 cm³/mol. The zero-order chi connectivity index (χ0) is 27.9. The lowest BCUT2D eigenvalue weighted by Gasteiger charge is -2.32. The number of hydrogen-bond donors (Lipinski definition) is 1. The highest BCUT2D eigenvalue weighted by molar-refractivity contribution is 6.24. The molecule has 2 heterocycles. The summed E-state index contributed by atoms with van der Waals surface area (Å²) in [5.41, 5.74) is -1.54. The second kappa shape index (κ2) is 9.85. The molecule has 0 aromatic heterocycles. The fraction of sp³-hybridized carbons (Fsp3) is 0.276. The molecule has 0 unspecified atom stereocenters. The first kappa shape index (κ1) is 26.4. The molecule has 2 fully saturated rings. The number of methoxy groups -OCH3 is 2. The lowest BCUT2D eigenvalue weighted by atomic mass is 9.76. The Morgan fingerprint density at radius 3 is 2.26 bits per heavy atom. The van der Waals surface area contributed by atoms with Crippen molar-refractivity contribution in [3.8, 4) is 5.75 Å². The van der Waals surface area contributed by atoms with Crippen molar-refractivity contribution in [1.29, 1.82) is 0 Å². The summed E-state index contributed by atoms with van der Waals surface area (Å²) in [5.74, 6) is -3.96. The summed E-state index contributed by atoms with van der Waals surface area (Å²) < 4.78 is 50.8. The number of carbonyl (C=O) groups is 3. The standard InChI is InChI=1S/C29H25F3N2O5/c1-38-21-13-11-18(12-14-21)24-22-23(28(33-24,27(37)39-2)16-17-7-4-3-5-8-17)26(36)34(25(22)35)20-10-6-9-19(15-20)29(30,31)32/h3-15,22-24,33H,16H2,1-2H3/t22-,23-,24-,28-/m1/s1. The highest BCUT2D eigenvalue weighted by Crippen LogP contribution is 2.51. The summed E-state index contributed by atoms with van der Waals surface area (Å²) >= 11 is 0. The number of nitrogens with one attached hydrogen (secondary N) is 1. The highest BCUT2D eigenvalue weighted by atomic mass is 19.4. The normalized spacial score (nSPS) is 24.5. The van der Waals surface area contributed by atoms with Crippen LogP contribution in [0.2, 0.25) is 0 Å². The molecule has 0 bridgehead atoms. The molecule has 3 aromatic rings. The molecule has 0 radical (unpaired) electrons. The fourth-order valence-corrected chi connectivity index (χ4v) is 5.70. The Morgan fingerprint density at radius 2 is 1.64 bits per heavy atom. The van der Waals surface area contributed by atoms with Gasteiger partial charge in [0.25, 0.3) is 0 Å². The average molecular weight is 539 g/mol. The maximum atomic E-state index is 14.0. The van der Waals surface area contributed by atoms with E-state index in [0.717, 1.165) is 23.1 Å². The van der Waals surface area contributed by atoms with Crippen molar-refractivity contribution in [2.45, 2.75) is 24.2 Å².